The first-order valence-corrected chi connectivity index (χ1v) is 8.74. The van der Waals surface area contributed by atoms with Crippen LogP contribution in [-0.4, -0.2) is 38.6 Å². The van der Waals surface area contributed by atoms with Gasteiger partial charge in [0.05, 0.1) is 5.56 Å². The van der Waals surface area contributed by atoms with E-state index in [9.17, 15) is 4.79 Å². The van der Waals surface area contributed by atoms with Gasteiger partial charge in [-0.15, -0.1) is 0 Å². The van der Waals surface area contributed by atoms with Crippen LogP contribution >= 0.6 is 0 Å². The number of esters is 1. The molecule has 25 heavy (non-hydrogen) atoms. The molecule has 0 saturated heterocycles. The van der Waals surface area contributed by atoms with Crippen molar-refractivity contribution >= 4 is 5.97 Å². The Morgan fingerprint density at radius 1 is 1.04 bits per heavy atom. The highest BCUT2D eigenvalue weighted by molar-refractivity contribution is 5.89. The summed E-state index contributed by atoms with van der Waals surface area (Å²) in [5.41, 5.74) is 2.73. The SMILES string of the molecule is CC.CNCC(c1ccc(C(=O)OCc2ccccc2)cc1)N(C)C. The van der Waals surface area contributed by atoms with Crippen LogP contribution < -0.4 is 5.32 Å². The second kappa shape index (κ2) is 11.4. The summed E-state index contributed by atoms with van der Waals surface area (Å²) in [5.74, 6) is -0.296. The van der Waals surface area contributed by atoms with Gasteiger partial charge in [0.25, 0.3) is 0 Å². The predicted octanol–water partition coefficient (Wildman–Crippen LogP) is 3.89. The van der Waals surface area contributed by atoms with Gasteiger partial charge < -0.3 is 15.0 Å². The number of carbonyl (C=O) groups is 1. The minimum Gasteiger partial charge on any atom is -0.457 e. The van der Waals surface area contributed by atoms with Crippen molar-refractivity contribution in [3.63, 3.8) is 0 Å². The number of nitrogens with one attached hydrogen (secondary N) is 1. The molecule has 2 aromatic carbocycles. The van der Waals surface area contributed by atoms with E-state index in [2.05, 4.69) is 10.2 Å². The molecule has 0 bridgehead atoms. The molecule has 136 valence electrons. The van der Waals surface area contributed by atoms with Crippen LogP contribution in [0.1, 0.15) is 41.4 Å². The number of hydrogen-bond acceptors (Lipinski definition) is 4. The lowest BCUT2D eigenvalue weighted by Crippen LogP contribution is -2.29. The summed E-state index contributed by atoms with van der Waals surface area (Å²) in [5, 5.41) is 3.19. The van der Waals surface area contributed by atoms with Crippen molar-refractivity contribution < 1.29 is 9.53 Å². The van der Waals surface area contributed by atoms with Gasteiger partial charge in [0, 0.05) is 12.6 Å². The highest BCUT2D eigenvalue weighted by atomic mass is 16.5. The van der Waals surface area contributed by atoms with Crippen molar-refractivity contribution in [2.45, 2.75) is 26.5 Å². The molecule has 0 radical (unpaired) electrons. The summed E-state index contributed by atoms with van der Waals surface area (Å²) in [7, 11) is 6.03. The molecule has 0 aromatic heterocycles. The smallest absolute Gasteiger partial charge is 0.338 e. The topological polar surface area (TPSA) is 41.6 Å². The van der Waals surface area contributed by atoms with Crippen LogP contribution in [-0.2, 0) is 11.3 Å². The molecule has 0 spiro atoms. The van der Waals surface area contributed by atoms with E-state index in [1.807, 2.05) is 89.6 Å². The van der Waals surface area contributed by atoms with Gasteiger partial charge in [-0.3, -0.25) is 0 Å². The van der Waals surface area contributed by atoms with Gasteiger partial charge in [-0.2, -0.15) is 0 Å². The van der Waals surface area contributed by atoms with Gasteiger partial charge in [-0.25, -0.2) is 4.79 Å². The minimum absolute atomic E-state index is 0.273. The van der Waals surface area contributed by atoms with Gasteiger partial charge in [0.2, 0.25) is 0 Å². The molecule has 0 aliphatic heterocycles. The number of benzene rings is 2. The van der Waals surface area contributed by atoms with Crippen LogP contribution in [0, 0.1) is 0 Å². The standard InChI is InChI=1S/C19H24N2O2.C2H6/c1-20-13-18(21(2)3)16-9-11-17(12-10-16)19(22)23-14-15-7-5-4-6-8-15;1-2/h4-12,18,20H,13-14H2,1-3H3;1-2H3. The monoisotopic (exact) mass is 342 g/mol. The van der Waals surface area contributed by atoms with Gasteiger partial charge in [0.15, 0.2) is 0 Å². The molecule has 0 fully saturated rings. The number of rotatable bonds is 7. The van der Waals surface area contributed by atoms with E-state index in [0.717, 1.165) is 12.1 Å². The molecule has 4 nitrogen and oxygen atoms in total. The van der Waals surface area contributed by atoms with Gasteiger partial charge >= 0.3 is 5.97 Å². The zero-order valence-corrected chi connectivity index (χ0v) is 16.0. The van der Waals surface area contributed by atoms with Crippen molar-refractivity contribution in [3.05, 3.63) is 71.3 Å². The first kappa shape index (κ1) is 20.9. The molecule has 0 aliphatic carbocycles. The van der Waals surface area contributed by atoms with E-state index in [0.29, 0.717) is 12.2 Å². The number of hydrogen-bond donors (Lipinski definition) is 1. The van der Waals surface area contributed by atoms with Gasteiger partial charge in [-0.1, -0.05) is 56.3 Å². The Bertz CT molecular complexity index is 610. The molecule has 0 aliphatic rings. The molecule has 0 saturated carbocycles. The van der Waals surface area contributed by atoms with Crippen molar-refractivity contribution in [1.29, 1.82) is 0 Å². The lowest BCUT2D eigenvalue weighted by molar-refractivity contribution is 0.0472. The summed E-state index contributed by atoms with van der Waals surface area (Å²) >= 11 is 0. The third kappa shape index (κ3) is 6.69. The Kier molecular flexibility index (Phi) is 9.51. The minimum atomic E-state index is -0.296. The van der Waals surface area contributed by atoms with Crippen LogP contribution in [0.5, 0.6) is 0 Å². The van der Waals surface area contributed by atoms with Crippen molar-refractivity contribution in [3.8, 4) is 0 Å². The van der Waals surface area contributed by atoms with E-state index < -0.39 is 0 Å². The fourth-order valence-corrected chi connectivity index (χ4v) is 2.44. The quantitative estimate of drug-likeness (QED) is 0.775. The molecule has 2 rings (SSSR count). The normalized spacial score (nSPS) is 11.4. The fraction of sp³-hybridized carbons (Fsp3) is 0.381. The maximum Gasteiger partial charge on any atom is 0.338 e. The average molecular weight is 342 g/mol. The molecular weight excluding hydrogens is 312 g/mol. The Morgan fingerprint density at radius 2 is 1.64 bits per heavy atom. The van der Waals surface area contributed by atoms with Crippen LogP contribution in [0.25, 0.3) is 0 Å². The van der Waals surface area contributed by atoms with Crippen molar-refractivity contribution in [2.24, 2.45) is 0 Å². The largest absolute Gasteiger partial charge is 0.457 e. The van der Waals surface area contributed by atoms with Crippen molar-refractivity contribution in [2.75, 3.05) is 27.7 Å². The molecule has 1 atom stereocenters. The molecular formula is C21H30N2O2. The van der Waals surface area contributed by atoms with E-state index in [-0.39, 0.29) is 12.0 Å². The van der Waals surface area contributed by atoms with Crippen LogP contribution in [0.3, 0.4) is 0 Å². The molecule has 1 N–H and O–H groups in total. The maximum atomic E-state index is 12.1. The van der Waals surface area contributed by atoms with Gasteiger partial charge in [-0.05, 0) is 44.4 Å². The second-order valence-corrected chi connectivity index (χ2v) is 5.72. The van der Waals surface area contributed by atoms with Crippen LogP contribution in [0.2, 0.25) is 0 Å². The summed E-state index contributed by atoms with van der Waals surface area (Å²) in [6.45, 7) is 5.15. The van der Waals surface area contributed by atoms with Crippen LogP contribution in [0.15, 0.2) is 54.6 Å². The first-order valence-electron chi connectivity index (χ1n) is 8.74. The maximum absolute atomic E-state index is 12.1. The third-order valence-electron chi connectivity index (χ3n) is 3.76. The zero-order chi connectivity index (χ0) is 18.7. The predicted molar refractivity (Wildman–Crippen MR) is 104 cm³/mol. The zero-order valence-electron chi connectivity index (χ0n) is 16.0. The Labute approximate surface area is 151 Å². The third-order valence-corrected chi connectivity index (χ3v) is 3.76. The van der Waals surface area contributed by atoms with E-state index in [1.165, 1.54) is 5.56 Å². The molecule has 4 heteroatoms. The Hall–Kier alpha value is -2.17. The fourth-order valence-electron chi connectivity index (χ4n) is 2.44. The summed E-state index contributed by atoms with van der Waals surface area (Å²) < 4.78 is 5.35. The number of likely N-dealkylation sites (N-methyl/N-ethyl adjacent to an activating group) is 2. The van der Waals surface area contributed by atoms with Gasteiger partial charge in [0.1, 0.15) is 6.61 Å². The lowest BCUT2D eigenvalue weighted by Gasteiger charge is -2.24. The Balaban J connectivity index is 0.00000151. The molecule has 0 amide bonds. The molecule has 0 heterocycles. The highest BCUT2D eigenvalue weighted by Gasteiger charge is 2.14. The Morgan fingerprint density at radius 3 is 2.16 bits per heavy atom. The van der Waals surface area contributed by atoms with Crippen molar-refractivity contribution in [1.82, 2.24) is 10.2 Å². The number of ether oxygens (including phenoxy) is 1. The van der Waals surface area contributed by atoms with Crippen LogP contribution in [0.4, 0.5) is 0 Å². The summed E-state index contributed by atoms with van der Waals surface area (Å²) in [6, 6.07) is 17.6. The van der Waals surface area contributed by atoms with E-state index >= 15 is 0 Å². The molecule has 2 aromatic rings. The highest BCUT2D eigenvalue weighted by Crippen LogP contribution is 2.18. The number of carbonyl (C=O) groups excluding carboxylic acids is 1. The number of nitrogens with zero attached hydrogens (tertiary/aromatic N) is 1. The lowest BCUT2D eigenvalue weighted by atomic mass is 10.0. The molecule has 1 unspecified atom stereocenters. The summed E-state index contributed by atoms with van der Waals surface area (Å²) in [4.78, 5) is 14.3. The summed E-state index contributed by atoms with van der Waals surface area (Å²) in [6.07, 6.45) is 0. The van der Waals surface area contributed by atoms with E-state index in [1.54, 1.807) is 0 Å². The van der Waals surface area contributed by atoms with E-state index in [4.69, 9.17) is 4.74 Å². The first-order chi connectivity index (χ1) is 12.1. The second-order valence-electron chi connectivity index (χ2n) is 5.72. The average Bonchev–Trinajstić information content (AvgIpc) is 2.66.